The second-order valence-electron chi connectivity index (χ2n) is 6.65. The maximum Gasteiger partial charge on any atom is 0.352 e. The lowest BCUT2D eigenvalue weighted by molar-refractivity contribution is -0.150. The molecule has 1 fully saturated rings. The van der Waals surface area contributed by atoms with Crippen molar-refractivity contribution in [3.05, 3.63) is 35.1 Å². The van der Waals surface area contributed by atoms with Crippen LogP contribution in [0.4, 0.5) is 0 Å². The molecule has 2 amide bonds. The van der Waals surface area contributed by atoms with E-state index < -0.39 is 40.4 Å². The highest BCUT2D eigenvalue weighted by Crippen LogP contribution is 2.41. The monoisotopic (exact) mass is 499 g/mol. The molecule has 0 spiro atoms. The molecule has 14 heteroatoms. The number of carbonyl (C=O) groups excluding carboxylic acids is 2. The lowest BCUT2D eigenvalue weighted by Gasteiger charge is -2.49. The first kappa shape index (κ1) is 22.2. The van der Waals surface area contributed by atoms with Gasteiger partial charge >= 0.3 is 5.97 Å². The summed E-state index contributed by atoms with van der Waals surface area (Å²) >= 11 is 2.55. The molecule has 0 aliphatic carbocycles. The number of aryl methyl sites for hydroxylation is 1. The van der Waals surface area contributed by atoms with Gasteiger partial charge in [0.25, 0.3) is 11.8 Å². The molecule has 0 aromatic carbocycles. The van der Waals surface area contributed by atoms with Crippen LogP contribution in [0, 0.1) is 0 Å². The van der Waals surface area contributed by atoms with E-state index in [0.717, 1.165) is 0 Å². The molecule has 2 aromatic heterocycles. The smallest absolute Gasteiger partial charge is 0.352 e. The first-order chi connectivity index (χ1) is 14.9. The summed E-state index contributed by atoms with van der Waals surface area (Å²) in [7, 11) is 1.79. The summed E-state index contributed by atoms with van der Waals surface area (Å²) in [5.41, 5.74) is 0.565. The molecule has 2 aliphatic rings. The molecule has 4 rings (SSSR count). The Balaban J connectivity index is 1.41. The molecule has 2 unspecified atom stereocenters. The highest BCUT2D eigenvalue weighted by Gasteiger charge is 2.54. The molecule has 31 heavy (non-hydrogen) atoms. The fourth-order valence-electron chi connectivity index (χ4n) is 3.15. The molecule has 0 bridgehead atoms. The number of thiophene rings is 1. The van der Waals surface area contributed by atoms with Gasteiger partial charge in [-0.25, -0.2) is 4.79 Å². The topological polar surface area (TPSA) is 140 Å². The summed E-state index contributed by atoms with van der Waals surface area (Å²) in [6.45, 7) is 0. The minimum Gasteiger partial charge on any atom is -0.610 e. The maximum atomic E-state index is 12.7. The largest absolute Gasteiger partial charge is 0.610 e. The van der Waals surface area contributed by atoms with Crippen LogP contribution in [-0.4, -0.2) is 75.8 Å². The summed E-state index contributed by atoms with van der Waals surface area (Å²) < 4.78 is 14.5. The van der Waals surface area contributed by atoms with Gasteiger partial charge in [-0.2, -0.15) is 0 Å². The van der Waals surface area contributed by atoms with Gasteiger partial charge in [-0.05, 0) is 17.0 Å². The zero-order chi connectivity index (χ0) is 22.1. The fourth-order valence-corrected chi connectivity index (χ4v) is 7.44. The number of carbonyl (C=O) groups is 3. The highest BCUT2D eigenvalue weighted by molar-refractivity contribution is 8.01. The molecule has 3 atom stereocenters. The summed E-state index contributed by atoms with van der Waals surface area (Å²) in [4.78, 5) is 38.1. The molecule has 0 radical (unpaired) electrons. The fraction of sp³-hybridized carbons (Fsp3) is 0.353. The third-order valence-electron chi connectivity index (χ3n) is 4.59. The Hall–Kier alpha value is -2.00. The van der Waals surface area contributed by atoms with Crippen molar-refractivity contribution in [3.8, 4) is 0 Å². The van der Waals surface area contributed by atoms with Crippen LogP contribution in [-0.2, 0) is 32.6 Å². The molecular weight excluding hydrogens is 482 g/mol. The number of nitrogens with one attached hydrogen (secondary N) is 1. The SMILES string of the molecule is Cn1cnnc1SCC1=C(C(=O)O)N2C(=O)C(NC(=O)C[S+]([O-])c3cccs3)[C@@H]2SC1. The van der Waals surface area contributed by atoms with E-state index >= 15 is 0 Å². The van der Waals surface area contributed by atoms with Crippen LogP contribution in [0.1, 0.15) is 0 Å². The molecule has 2 aromatic rings. The predicted octanol–water partition coefficient (Wildman–Crippen LogP) is 0.515. The number of aromatic nitrogens is 3. The van der Waals surface area contributed by atoms with E-state index in [1.54, 1.807) is 35.5 Å². The lowest BCUT2D eigenvalue weighted by Crippen LogP contribution is -2.70. The van der Waals surface area contributed by atoms with Crippen molar-refractivity contribution in [1.29, 1.82) is 0 Å². The van der Waals surface area contributed by atoms with Crippen LogP contribution in [0.15, 0.2) is 44.5 Å². The molecule has 4 heterocycles. The number of fused-ring (bicyclic) bond motifs is 1. The summed E-state index contributed by atoms with van der Waals surface area (Å²) in [5.74, 6) is -1.65. The van der Waals surface area contributed by atoms with E-state index in [-0.39, 0.29) is 11.4 Å². The number of carboxylic acids is 1. The van der Waals surface area contributed by atoms with Gasteiger partial charge < -0.3 is 19.5 Å². The number of rotatable bonds is 8. The van der Waals surface area contributed by atoms with Crippen molar-refractivity contribution in [2.24, 2.45) is 7.05 Å². The number of carboxylic acid groups (broad SMARTS) is 1. The second kappa shape index (κ2) is 9.24. The predicted molar refractivity (Wildman–Crippen MR) is 117 cm³/mol. The molecular formula is C17H17N5O5S4. The maximum absolute atomic E-state index is 12.7. The number of β-lactam (4-membered cyclic amide) rings is 1. The van der Waals surface area contributed by atoms with Gasteiger partial charge in [0.1, 0.15) is 23.4 Å². The minimum atomic E-state index is -1.48. The van der Waals surface area contributed by atoms with Gasteiger partial charge in [0.2, 0.25) is 4.21 Å². The van der Waals surface area contributed by atoms with Gasteiger partial charge in [0.15, 0.2) is 10.9 Å². The first-order valence-electron chi connectivity index (χ1n) is 8.95. The molecule has 2 aliphatic heterocycles. The van der Waals surface area contributed by atoms with Crippen LogP contribution in [0.2, 0.25) is 0 Å². The van der Waals surface area contributed by atoms with Gasteiger partial charge in [-0.3, -0.25) is 14.5 Å². The second-order valence-corrected chi connectivity index (χ2v) is 11.3. The van der Waals surface area contributed by atoms with Crippen molar-refractivity contribution in [3.63, 3.8) is 0 Å². The van der Waals surface area contributed by atoms with Crippen LogP contribution in [0.5, 0.6) is 0 Å². The van der Waals surface area contributed by atoms with Crippen molar-refractivity contribution < 1.29 is 24.0 Å². The Morgan fingerprint density at radius 1 is 1.48 bits per heavy atom. The Labute approximate surface area is 192 Å². The van der Waals surface area contributed by atoms with Crippen molar-refractivity contribution in [2.75, 3.05) is 17.3 Å². The number of hydrogen-bond donors (Lipinski definition) is 2. The van der Waals surface area contributed by atoms with E-state index in [4.69, 9.17) is 0 Å². The van der Waals surface area contributed by atoms with E-state index in [2.05, 4.69) is 15.5 Å². The number of amides is 2. The number of hydrogen-bond acceptors (Lipinski definition) is 9. The Morgan fingerprint density at radius 3 is 2.94 bits per heavy atom. The Kier molecular flexibility index (Phi) is 6.62. The minimum absolute atomic E-state index is 0.0453. The van der Waals surface area contributed by atoms with Crippen molar-refractivity contribution >= 4 is 63.8 Å². The van der Waals surface area contributed by atoms with Crippen LogP contribution in [0.3, 0.4) is 0 Å². The number of thioether (sulfide) groups is 2. The average molecular weight is 500 g/mol. The lowest BCUT2D eigenvalue weighted by atomic mass is 10.0. The van der Waals surface area contributed by atoms with Crippen molar-refractivity contribution in [2.45, 2.75) is 20.8 Å². The van der Waals surface area contributed by atoms with Gasteiger partial charge in [-0.15, -0.1) is 22.0 Å². The van der Waals surface area contributed by atoms with Gasteiger partial charge in [-0.1, -0.05) is 23.1 Å². The Morgan fingerprint density at radius 2 is 2.29 bits per heavy atom. The third kappa shape index (κ3) is 4.48. The quantitative estimate of drug-likeness (QED) is 0.302. The summed E-state index contributed by atoms with van der Waals surface area (Å²) in [6.07, 6.45) is 1.55. The number of aliphatic carboxylic acids is 1. The number of nitrogens with zero attached hydrogens (tertiary/aromatic N) is 4. The normalized spacial score (nSPS) is 21.5. The standard InChI is InChI=1S/C17H17N5O5S4/c1-21-8-18-20-17(21)30-6-9-5-29-15-12(14(24)22(15)13(9)16(25)26)19-10(23)7-31(27)11-3-2-4-28-11/h2-4,8,12,15H,5-7H2,1H3,(H,19,23)(H,25,26)/t12?,15-,31?/m0/s1. The summed E-state index contributed by atoms with van der Waals surface area (Å²) in [6, 6.07) is 2.60. The third-order valence-corrected chi connectivity index (χ3v) is 9.67. The zero-order valence-corrected chi connectivity index (χ0v) is 19.4. The van der Waals surface area contributed by atoms with Gasteiger partial charge in [0, 0.05) is 35.8 Å². The van der Waals surface area contributed by atoms with E-state index in [1.807, 2.05) is 0 Å². The molecule has 0 saturated carbocycles. The van der Waals surface area contributed by atoms with Crippen LogP contribution < -0.4 is 5.32 Å². The van der Waals surface area contributed by atoms with Crippen LogP contribution in [0.25, 0.3) is 0 Å². The summed E-state index contributed by atoms with van der Waals surface area (Å²) in [5, 5.41) is 22.0. The molecule has 164 valence electrons. The Bertz CT molecular complexity index is 1040. The van der Waals surface area contributed by atoms with Crippen LogP contribution >= 0.6 is 34.9 Å². The van der Waals surface area contributed by atoms with E-state index in [9.17, 15) is 24.0 Å². The van der Waals surface area contributed by atoms with E-state index in [0.29, 0.717) is 26.4 Å². The molecule has 2 N–H and O–H groups in total. The first-order valence-corrected chi connectivity index (χ1v) is 13.2. The van der Waals surface area contributed by atoms with Crippen molar-refractivity contribution in [1.82, 2.24) is 25.0 Å². The van der Waals surface area contributed by atoms with Gasteiger partial charge in [0.05, 0.1) is 0 Å². The average Bonchev–Trinajstić information content (AvgIpc) is 3.41. The zero-order valence-electron chi connectivity index (χ0n) is 16.1. The highest BCUT2D eigenvalue weighted by atomic mass is 32.2. The van der Waals surface area contributed by atoms with E-state index in [1.165, 1.54) is 39.8 Å². The molecule has 10 nitrogen and oxygen atoms in total. The molecule has 1 saturated heterocycles.